The fraction of sp³-hybridized carbons (Fsp3) is 1.00. The van der Waals surface area contributed by atoms with Gasteiger partial charge in [-0.2, -0.15) is 0 Å². The van der Waals surface area contributed by atoms with Gasteiger partial charge in [-0.25, -0.2) is 0 Å². The maximum Gasteiger partial charge on any atom is 0.240 e. The Bertz CT molecular complexity index is 156. The highest BCUT2D eigenvalue weighted by molar-refractivity contribution is 6.67. The van der Waals surface area contributed by atoms with Gasteiger partial charge in [0.25, 0.3) is 0 Å². The molecule has 1 saturated heterocycles. The summed E-state index contributed by atoms with van der Waals surface area (Å²) in [5, 5.41) is 0. The lowest BCUT2D eigenvalue weighted by Gasteiger charge is -2.33. The van der Waals surface area contributed by atoms with E-state index >= 15 is 0 Å². The predicted molar refractivity (Wildman–Crippen MR) is 54.4 cm³/mol. The SMILES string of the molecule is CCCC1CCOC(C(Cl)(Cl)Cl)O1. The van der Waals surface area contributed by atoms with Crippen molar-refractivity contribution in [2.45, 2.75) is 42.4 Å². The highest BCUT2D eigenvalue weighted by atomic mass is 35.6. The quantitative estimate of drug-likeness (QED) is 0.697. The Labute approximate surface area is 93.4 Å². The Morgan fingerprint density at radius 2 is 2.08 bits per heavy atom. The second kappa shape index (κ2) is 5.04. The zero-order valence-corrected chi connectivity index (χ0v) is 9.70. The molecular weight excluding hydrogens is 234 g/mol. The van der Waals surface area contributed by atoms with Crippen LogP contribution in [-0.4, -0.2) is 22.8 Å². The first-order valence-corrected chi connectivity index (χ1v) is 5.51. The molecule has 0 aromatic carbocycles. The summed E-state index contributed by atoms with van der Waals surface area (Å²) in [7, 11) is 0. The molecule has 2 unspecified atom stereocenters. The van der Waals surface area contributed by atoms with Crippen molar-refractivity contribution in [3.05, 3.63) is 0 Å². The Morgan fingerprint density at radius 3 is 2.62 bits per heavy atom. The van der Waals surface area contributed by atoms with Crippen LogP contribution in [0.2, 0.25) is 0 Å². The molecule has 1 heterocycles. The van der Waals surface area contributed by atoms with Crippen molar-refractivity contribution < 1.29 is 9.47 Å². The minimum atomic E-state index is -1.48. The van der Waals surface area contributed by atoms with Gasteiger partial charge in [-0.15, -0.1) is 0 Å². The Balaban J connectivity index is 2.42. The summed E-state index contributed by atoms with van der Waals surface area (Å²) in [5.41, 5.74) is 0. The molecule has 0 aromatic heterocycles. The van der Waals surface area contributed by atoms with E-state index in [0.29, 0.717) is 6.61 Å². The zero-order chi connectivity index (χ0) is 9.90. The van der Waals surface area contributed by atoms with E-state index < -0.39 is 10.1 Å². The van der Waals surface area contributed by atoms with Gasteiger partial charge in [-0.1, -0.05) is 48.1 Å². The molecule has 0 amide bonds. The van der Waals surface area contributed by atoms with Crippen LogP contribution in [0.25, 0.3) is 0 Å². The lowest BCUT2D eigenvalue weighted by atomic mass is 10.1. The Morgan fingerprint density at radius 1 is 1.38 bits per heavy atom. The fourth-order valence-electron chi connectivity index (χ4n) is 1.29. The van der Waals surface area contributed by atoms with Gasteiger partial charge in [0, 0.05) is 0 Å². The van der Waals surface area contributed by atoms with Crippen LogP contribution >= 0.6 is 34.8 Å². The van der Waals surface area contributed by atoms with Crippen LogP contribution in [0.1, 0.15) is 26.2 Å². The van der Waals surface area contributed by atoms with Gasteiger partial charge in [0.05, 0.1) is 12.7 Å². The first-order valence-electron chi connectivity index (χ1n) is 4.38. The van der Waals surface area contributed by atoms with Crippen molar-refractivity contribution >= 4 is 34.8 Å². The van der Waals surface area contributed by atoms with E-state index in [2.05, 4.69) is 6.92 Å². The summed E-state index contributed by atoms with van der Waals surface area (Å²) in [5.74, 6) is 0. The van der Waals surface area contributed by atoms with Gasteiger partial charge in [0.1, 0.15) is 0 Å². The molecule has 13 heavy (non-hydrogen) atoms. The van der Waals surface area contributed by atoms with E-state index in [9.17, 15) is 0 Å². The average Bonchev–Trinajstić information content (AvgIpc) is 2.04. The highest BCUT2D eigenvalue weighted by Crippen LogP contribution is 2.36. The minimum Gasteiger partial charge on any atom is -0.348 e. The minimum absolute atomic E-state index is 0.166. The smallest absolute Gasteiger partial charge is 0.240 e. The molecule has 1 aliphatic rings. The van der Waals surface area contributed by atoms with E-state index in [-0.39, 0.29) is 6.10 Å². The number of alkyl halides is 3. The second-order valence-corrected chi connectivity index (χ2v) is 5.45. The van der Waals surface area contributed by atoms with Crippen LogP contribution < -0.4 is 0 Å². The molecule has 1 fully saturated rings. The predicted octanol–water partition coefficient (Wildman–Crippen LogP) is 3.29. The zero-order valence-electron chi connectivity index (χ0n) is 7.43. The van der Waals surface area contributed by atoms with E-state index in [4.69, 9.17) is 44.3 Å². The van der Waals surface area contributed by atoms with E-state index in [1.807, 2.05) is 0 Å². The fourth-order valence-corrected chi connectivity index (χ4v) is 1.64. The van der Waals surface area contributed by atoms with Crippen LogP contribution in [-0.2, 0) is 9.47 Å². The molecule has 5 heteroatoms. The molecule has 1 aliphatic heterocycles. The second-order valence-electron chi connectivity index (χ2n) is 3.08. The largest absolute Gasteiger partial charge is 0.348 e. The summed E-state index contributed by atoms with van der Waals surface area (Å²) >= 11 is 17.0. The van der Waals surface area contributed by atoms with E-state index in [1.54, 1.807) is 0 Å². The maximum absolute atomic E-state index is 5.66. The van der Waals surface area contributed by atoms with Crippen molar-refractivity contribution in [3.63, 3.8) is 0 Å². The summed E-state index contributed by atoms with van der Waals surface area (Å²) in [6, 6.07) is 0. The molecule has 0 N–H and O–H groups in total. The van der Waals surface area contributed by atoms with Crippen LogP contribution in [0.15, 0.2) is 0 Å². The average molecular weight is 248 g/mol. The van der Waals surface area contributed by atoms with Gasteiger partial charge in [0.15, 0.2) is 0 Å². The summed E-state index contributed by atoms with van der Waals surface area (Å²) < 4.78 is 9.19. The Kier molecular flexibility index (Phi) is 4.59. The molecular formula is C8H13Cl3O2. The molecule has 2 nitrogen and oxygen atoms in total. The number of hydrogen-bond donors (Lipinski definition) is 0. The molecule has 0 aromatic rings. The first kappa shape index (κ1) is 11.9. The van der Waals surface area contributed by atoms with Crippen molar-refractivity contribution in [2.24, 2.45) is 0 Å². The normalized spacial score (nSPS) is 30.5. The van der Waals surface area contributed by atoms with Gasteiger partial charge in [0.2, 0.25) is 10.1 Å². The first-order chi connectivity index (χ1) is 6.04. The summed E-state index contributed by atoms with van der Waals surface area (Å²) in [4.78, 5) is 0. The highest BCUT2D eigenvalue weighted by Gasteiger charge is 2.38. The van der Waals surface area contributed by atoms with Gasteiger partial charge >= 0.3 is 0 Å². The van der Waals surface area contributed by atoms with Crippen molar-refractivity contribution in [1.29, 1.82) is 0 Å². The van der Waals surface area contributed by atoms with Crippen LogP contribution in [0.5, 0.6) is 0 Å². The number of ether oxygens (including phenoxy) is 2. The lowest BCUT2D eigenvalue weighted by Crippen LogP contribution is -2.40. The van der Waals surface area contributed by atoms with Gasteiger partial charge in [-0.3, -0.25) is 0 Å². The molecule has 78 valence electrons. The molecule has 0 spiro atoms. The van der Waals surface area contributed by atoms with E-state index in [0.717, 1.165) is 19.3 Å². The van der Waals surface area contributed by atoms with Crippen LogP contribution in [0.3, 0.4) is 0 Å². The molecule has 1 rings (SSSR count). The van der Waals surface area contributed by atoms with Crippen molar-refractivity contribution in [1.82, 2.24) is 0 Å². The Hall–Kier alpha value is 0.790. The standard InChI is InChI=1S/C8H13Cl3O2/c1-2-3-6-4-5-12-7(13-6)8(9,10)11/h6-7H,2-5H2,1H3. The number of hydrogen-bond acceptors (Lipinski definition) is 2. The molecule has 0 radical (unpaired) electrons. The monoisotopic (exact) mass is 246 g/mol. The number of halogens is 3. The van der Waals surface area contributed by atoms with Gasteiger partial charge in [-0.05, 0) is 12.8 Å². The maximum atomic E-state index is 5.66. The third-order valence-corrected chi connectivity index (χ3v) is 2.44. The van der Waals surface area contributed by atoms with Crippen LogP contribution in [0, 0.1) is 0 Å². The topological polar surface area (TPSA) is 18.5 Å². The molecule has 0 saturated carbocycles. The molecule has 2 atom stereocenters. The van der Waals surface area contributed by atoms with Crippen molar-refractivity contribution in [3.8, 4) is 0 Å². The third kappa shape index (κ3) is 3.80. The van der Waals surface area contributed by atoms with E-state index in [1.165, 1.54) is 0 Å². The van der Waals surface area contributed by atoms with Crippen molar-refractivity contribution in [2.75, 3.05) is 6.61 Å². The summed E-state index contributed by atoms with van der Waals surface area (Å²) in [6.45, 7) is 2.70. The van der Waals surface area contributed by atoms with Gasteiger partial charge < -0.3 is 9.47 Å². The number of rotatable bonds is 2. The lowest BCUT2D eigenvalue weighted by molar-refractivity contribution is -0.210. The van der Waals surface area contributed by atoms with Crippen LogP contribution in [0.4, 0.5) is 0 Å². The third-order valence-electron chi connectivity index (χ3n) is 1.90. The molecule has 0 bridgehead atoms. The summed E-state index contributed by atoms with van der Waals surface area (Å²) in [6.07, 6.45) is 2.38. The molecule has 0 aliphatic carbocycles.